The van der Waals surface area contributed by atoms with Gasteiger partial charge in [0.1, 0.15) is 29.1 Å². The maximum atomic E-state index is 14.8. The second-order valence-electron chi connectivity index (χ2n) is 18.0. The number of esters is 1. The van der Waals surface area contributed by atoms with Crippen LogP contribution in [0.15, 0.2) is 40.9 Å². The molecule has 1 N–H and O–H groups in total. The molecule has 2 aromatic carbocycles. The van der Waals surface area contributed by atoms with E-state index in [2.05, 4.69) is 77.0 Å². The number of nitriles is 1. The van der Waals surface area contributed by atoms with Crippen LogP contribution < -0.4 is 15.0 Å². The van der Waals surface area contributed by atoms with Crippen molar-refractivity contribution < 1.29 is 19.1 Å². The molecule has 2 aliphatic heterocycles. The molecule has 11 nitrogen and oxygen atoms in total. The summed E-state index contributed by atoms with van der Waals surface area (Å²) in [5.74, 6) is 1.92. The van der Waals surface area contributed by atoms with Gasteiger partial charge in [0.2, 0.25) is 5.91 Å². The Balaban J connectivity index is 1.48. The number of aliphatic imine (C=N–C) groups is 1. The lowest BCUT2D eigenvalue weighted by atomic mass is 9.70. The number of anilines is 2. The number of benzene rings is 2. The molecule has 1 saturated carbocycles. The van der Waals surface area contributed by atoms with Gasteiger partial charge in [-0.2, -0.15) is 9.94 Å². The van der Waals surface area contributed by atoms with E-state index in [-0.39, 0.29) is 58.1 Å². The zero-order chi connectivity index (χ0) is 42.6. The normalized spacial score (nSPS) is 22.8. The lowest BCUT2D eigenvalue weighted by molar-refractivity contribution is -0.152. The molecule has 3 unspecified atom stereocenters. The van der Waals surface area contributed by atoms with Crippen molar-refractivity contribution in [3.05, 3.63) is 52.9 Å². The minimum atomic E-state index is -0.562. The molecule has 3 heterocycles. The lowest BCUT2D eigenvalue weighted by Gasteiger charge is -2.45. The number of nitrogens with zero attached hydrogens (tertiary/aromatic N) is 6. The van der Waals surface area contributed by atoms with Gasteiger partial charge >= 0.3 is 5.97 Å². The van der Waals surface area contributed by atoms with Crippen LogP contribution in [0.3, 0.4) is 0 Å². The molecule has 1 aromatic heterocycles. The summed E-state index contributed by atoms with van der Waals surface area (Å²) in [6.45, 7) is 17.6. The van der Waals surface area contributed by atoms with Crippen molar-refractivity contribution >= 4 is 40.3 Å². The summed E-state index contributed by atoms with van der Waals surface area (Å²) in [7, 11) is 3.70. The first-order valence-corrected chi connectivity index (χ1v) is 22.0. The molecule has 0 radical (unpaired) electrons. The second-order valence-corrected chi connectivity index (χ2v) is 18.0. The zero-order valence-electron chi connectivity index (χ0n) is 37.1. The number of unbranched alkanes of at least 4 members (excludes halogenated alkanes) is 3. The molecular weight excluding hydrogens is 739 g/mol. The van der Waals surface area contributed by atoms with Gasteiger partial charge < -0.3 is 19.7 Å². The first kappa shape index (κ1) is 43.6. The summed E-state index contributed by atoms with van der Waals surface area (Å²) in [5.41, 5.74) is 5.27. The minimum Gasteiger partial charge on any atom is -0.495 e. The van der Waals surface area contributed by atoms with E-state index >= 15 is 0 Å². The molecule has 1 aliphatic carbocycles. The van der Waals surface area contributed by atoms with Gasteiger partial charge in [0.25, 0.3) is 0 Å². The van der Waals surface area contributed by atoms with Crippen molar-refractivity contribution in [3.63, 3.8) is 0 Å². The Labute approximate surface area is 351 Å². The molecule has 3 aliphatic rings. The molecule has 3 atom stereocenters. The van der Waals surface area contributed by atoms with Crippen LogP contribution in [-0.4, -0.2) is 58.3 Å². The predicted octanol–water partition coefficient (Wildman–Crippen LogP) is 10.9. The number of nitrogens with one attached hydrogen (secondary N) is 1. The summed E-state index contributed by atoms with van der Waals surface area (Å²) >= 11 is 0. The van der Waals surface area contributed by atoms with Crippen LogP contribution in [0.5, 0.6) is 5.75 Å². The van der Waals surface area contributed by atoms with E-state index in [0.717, 1.165) is 76.2 Å². The maximum absolute atomic E-state index is 14.8. The Hall–Kier alpha value is -4.98. The molecule has 6 rings (SSSR count). The molecule has 59 heavy (non-hydrogen) atoms. The molecule has 0 bridgehead atoms. The van der Waals surface area contributed by atoms with Crippen LogP contribution in [0.1, 0.15) is 148 Å². The number of aromatic nitrogens is 3. The number of carbonyl (C=O) groups is 2. The Morgan fingerprint density at radius 3 is 2.32 bits per heavy atom. The average molecular weight is 804 g/mol. The van der Waals surface area contributed by atoms with Crippen molar-refractivity contribution in [1.29, 1.82) is 5.26 Å². The highest BCUT2D eigenvalue weighted by Crippen LogP contribution is 2.46. The van der Waals surface area contributed by atoms with Crippen LogP contribution in [-0.2, 0) is 14.3 Å². The molecule has 0 saturated heterocycles. The third kappa shape index (κ3) is 9.12. The first-order valence-electron chi connectivity index (χ1n) is 22.0. The first-order chi connectivity index (χ1) is 28.2. The van der Waals surface area contributed by atoms with Crippen molar-refractivity contribution in [3.8, 4) is 23.2 Å². The van der Waals surface area contributed by atoms with E-state index in [1.54, 1.807) is 19.2 Å². The lowest BCUT2D eigenvalue weighted by Crippen LogP contribution is -2.45. The smallest absolute Gasteiger partial charge is 0.343 e. The summed E-state index contributed by atoms with van der Waals surface area (Å²) in [6, 6.07) is 12.0. The van der Waals surface area contributed by atoms with Gasteiger partial charge in [-0.15, -0.1) is 5.10 Å². The van der Waals surface area contributed by atoms with E-state index in [4.69, 9.17) is 24.5 Å². The number of hydrogen-bond acceptors (Lipinski definition) is 9. The topological polar surface area (TPSA) is 135 Å². The van der Waals surface area contributed by atoms with Crippen LogP contribution in [0, 0.1) is 36.0 Å². The van der Waals surface area contributed by atoms with Gasteiger partial charge in [-0.1, -0.05) is 66.7 Å². The number of ether oxygens (including phenoxy) is 2. The van der Waals surface area contributed by atoms with Gasteiger partial charge in [0, 0.05) is 30.3 Å². The van der Waals surface area contributed by atoms with Crippen molar-refractivity contribution in [2.24, 2.45) is 22.7 Å². The summed E-state index contributed by atoms with van der Waals surface area (Å²) < 4.78 is 13.8. The largest absolute Gasteiger partial charge is 0.495 e. The fraction of sp³-hybridized carbons (Fsp3) is 0.583. The van der Waals surface area contributed by atoms with Gasteiger partial charge in [0.05, 0.1) is 18.5 Å². The third-order valence-corrected chi connectivity index (χ3v) is 12.9. The highest BCUT2D eigenvalue weighted by atomic mass is 16.5. The molecule has 3 aromatic rings. The Bertz CT molecular complexity index is 2120. The molecule has 1 fully saturated rings. The van der Waals surface area contributed by atoms with E-state index < -0.39 is 5.97 Å². The van der Waals surface area contributed by atoms with E-state index in [1.165, 1.54) is 15.9 Å². The SMILES string of the molecule is CCCCC(=O)Nc1cc(-c2nc3n(n2)/C(=N/c2cc4c(cc2C)N(C)C(C)(C)CC4C)C(C#N)=C3C(=O)OC2C(CCCC)CC(C)CC2CCCC)ccc1OC. The fourth-order valence-electron chi connectivity index (χ4n) is 9.56. The summed E-state index contributed by atoms with van der Waals surface area (Å²) in [4.78, 5) is 40.1. The molecule has 1 amide bonds. The van der Waals surface area contributed by atoms with Crippen molar-refractivity contribution in [1.82, 2.24) is 14.8 Å². The molecule has 316 valence electrons. The van der Waals surface area contributed by atoms with Crippen molar-refractivity contribution in [2.75, 3.05) is 24.4 Å². The number of allylic oxidation sites excluding steroid dienone is 1. The summed E-state index contributed by atoms with van der Waals surface area (Å²) in [5, 5.41) is 18.8. The predicted molar refractivity (Wildman–Crippen MR) is 236 cm³/mol. The standard InChI is InChI=1S/C48H65N7O4/c1-11-14-17-32-22-29(4)23-33(18-15-12-2)43(32)59-47(57)42-36(28-49)45(51-37-26-35-31(6)27-48(7,8)54(9)39(35)24-30(37)5)55-46(42)52-44(53-55)34-20-21-40(58-10)38(25-34)50-41(56)19-16-13-3/h20-21,24-26,29,31-33,43H,11-19,22-23,27H2,1-10H3,(H,50,56)/b51-45+. The Kier molecular flexibility index (Phi) is 13.7. The number of rotatable bonds is 15. The Morgan fingerprint density at radius 2 is 1.69 bits per heavy atom. The highest BCUT2D eigenvalue weighted by Gasteiger charge is 2.43. The van der Waals surface area contributed by atoms with Crippen LogP contribution in [0.2, 0.25) is 0 Å². The zero-order valence-corrected chi connectivity index (χ0v) is 37.1. The van der Waals surface area contributed by atoms with Gasteiger partial charge in [-0.05, 0) is 124 Å². The van der Waals surface area contributed by atoms with Gasteiger partial charge in [-0.3, -0.25) is 4.79 Å². The number of amides is 1. The second kappa shape index (κ2) is 18.5. The maximum Gasteiger partial charge on any atom is 0.343 e. The number of carbonyl (C=O) groups excluding carboxylic acids is 2. The van der Waals surface area contributed by atoms with Gasteiger partial charge in [-0.25, -0.2) is 14.8 Å². The number of aryl methyl sites for hydroxylation is 1. The number of fused-ring (bicyclic) bond motifs is 2. The van der Waals surface area contributed by atoms with Gasteiger partial charge in [0.15, 0.2) is 17.5 Å². The third-order valence-electron chi connectivity index (χ3n) is 12.9. The van der Waals surface area contributed by atoms with Crippen molar-refractivity contribution in [2.45, 2.75) is 150 Å². The highest BCUT2D eigenvalue weighted by molar-refractivity contribution is 6.30. The Morgan fingerprint density at radius 1 is 1.02 bits per heavy atom. The fourth-order valence-corrected chi connectivity index (χ4v) is 9.56. The van der Waals surface area contributed by atoms with E-state index in [9.17, 15) is 14.9 Å². The summed E-state index contributed by atoms with van der Waals surface area (Å²) in [6.07, 6.45) is 11.1. The average Bonchev–Trinajstić information content (AvgIpc) is 3.76. The quantitative estimate of drug-likeness (QED) is 0.150. The number of hydrogen-bond donors (Lipinski definition) is 1. The molecular formula is C48H65N7O4. The molecule has 11 heteroatoms. The molecule has 0 spiro atoms. The van der Waals surface area contributed by atoms with Crippen LogP contribution in [0.4, 0.5) is 17.1 Å². The number of methoxy groups -OCH3 is 1. The van der Waals surface area contributed by atoms with E-state index in [0.29, 0.717) is 40.9 Å². The van der Waals surface area contributed by atoms with Crippen LogP contribution >= 0.6 is 0 Å². The minimum absolute atomic E-state index is 0.00314. The van der Waals surface area contributed by atoms with E-state index in [1.807, 2.05) is 19.9 Å². The monoisotopic (exact) mass is 804 g/mol. The van der Waals surface area contributed by atoms with Crippen LogP contribution in [0.25, 0.3) is 17.0 Å².